The fourth-order valence-electron chi connectivity index (χ4n) is 5.74. The highest BCUT2D eigenvalue weighted by Crippen LogP contribution is 2.54. The van der Waals surface area contributed by atoms with Crippen LogP contribution < -0.4 is 4.74 Å². The van der Waals surface area contributed by atoms with Gasteiger partial charge in [0.2, 0.25) is 0 Å². The summed E-state index contributed by atoms with van der Waals surface area (Å²) in [4.78, 5) is 0. The highest BCUT2D eigenvalue weighted by molar-refractivity contribution is 6.47. The van der Waals surface area contributed by atoms with Crippen LogP contribution in [0.4, 0.5) is 0 Å². The lowest BCUT2D eigenvalue weighted by molar-refractivity contribution is 0.214. The Bertz CT molecular complexity index is 1720. The molecule has 5 heteroatoms. The highest BCUT2D eigenvalue weighted by Gasteiger charge is 2.50. The van der Waals surface area contributed by atoms with Gasteiger partial charge in [-0.25, -0.2) is 0 Å². The molecule has 0 bridgehead atoms. The van der Waals surface area contributed by atoms with Crippen molar-refractivity contribution < 1.29 is 14.8 Å². The SMILES string of the molecule is CC1(B(O)O)C=CC=C2c3cccc(-c4ccc5c(c4)c4ccccc4n5-c4ccccc4)c3OC21. The van der Waals surface area contributed by atoms with Gasteiger partial charge in [-0.05, 0) is 35.9 Å². The summed E-state index contributed by atoms with van der Waals surface area (Å²) in [6.45, 7) is 1.82. The minimum absolute atomic E-state index is 0.456. The first kappa shape index (κ1) is 21.2. The monoisotopic (exact) mass is 469 g/mol. The summed E-state index contributed by atoms with van der Waals surface area (Å²) >= 11 is 0. The van der Waals surface area contributed by atoms with E-state index in [1.807, 2.05) is 43.4 Å². The molecule has 2 unspecified atom stereocenters. The molecule has 0 fully saturated rings. The molecule has 0 saturated heterocycles. The maximum atomic E-state index is 10.2. The summed E-state index contributed by atoms with van der Waals surface area (Å²) in [6, 6.07) is 31.7. The minimum atomic E-state index is -1.53. The molecule has 2 N–H and O–H groups in total. The third-order valence-corrected chi connectivity index (χ3v) is 7.69. The smallest absolute Gasteiger partial charge is 0.466 e. The number of nitrogens with zero attached hydrogens (tertiary/aromatic N) is 1. The summed E-state index contributed by atoms with van der Waals surface area (Å²) in [5.41, 5.74) is 7.49. The lowest BCUT2D eigenvalue weighted by Crippen LogP contribution is -2.41. The number of fused-ring (bicyclic) bond motifs is 6. The molecule has 1 aromatic heterocycles. The normalized spacial score (nSPS) is 20.2. The molecule has 174 valence electrons. The summed E-state index contributed by atoms with van der Waals surface area (Å²) in [5, 5.41) is 21.8. The van der Waals surface area contributed by atoms with Crippen LogP contribution in [0.25, 0.3) is 44.2 Å². The van der Waals surface area contributed by atoms with Gasteiger partial charge in [0.1, 0.15) is 11.9 Å². The second-order valence-corrected chi connectivity index (χ2v) is 9.82. The van der Waals surface area contributed by atoms with Gasteiger partial charge in [0.05, 0.1) is 16.3 Å². The summed E-state index contributed by atoms with van der Waals surface area (Å²) in [7, 11) is -1.53. The Balaban J connectivity index is 1.42. The second-order valence-electron chi connectivity index (χ2n) is 9.82. The van der Waals surface area contributed by atoms with E-state index >= 15 is 0 Å². The van der Waals surface area contributed by atoms with E-state index in [2.05, 4.69) is 77.4 Å². The van der Waals surface area contributed by atoms with Gasteiger partial charge in [-0.15, -0.1) is 0 Å². The number of aromatic nitrogens is 1. The fourth-order valence-corrected chi connectivity index (χ4v) is 5.74. The van der Waals surface area contributed by atoms with Crippen molar-refractivity contribution >= 4 is 34.5 Å². The molecular weight excluding hydrogens is 445 g/mol. The van der Waals surface area contributed by atoms with Crippen molar-refractivity contribution in [3.8, 4) is 22.6 Å². The van der Waals surface area contributed by atoms with Crippen LogP contribution in [0.15, 0.2) is 109 Å². The molecular formula is C31H24BNO3. The third-order valence-electron chi connectivity index (χ3n) is 7.69. The predicted octanol–water partition coefficient (Wildman–Crippen LogP) is 6.40. The van der Waals surface area contributed by atoms with Crippen molar-refractivity contribution in [3.63, 3.8) is 0 Å². The zero-order chi connectivity index (χ0) is 24.4. The van der Waals surface area contributed by atoms with Crippen molar-refractivity contribution in [1.29, 1.82) is 0 Å². The largest absolute Gasteiger partial charge is 0.484 e. The molecule has 0 spiro atoms. The van der Waals surface area contributed by atoms with Gasteiger partial charge in [-0.1, -0.05) is 85.8 Å². The van der Waals surface area contributed by atoms with E-state index in [1.54, 1.807) is 0 Å². The molecule has 1 aliphatic heterocycles. The number of benzene rings is 4. The molecule has 2 aliphatic rings. The predicted molar refractivity (Wildman–Crippen MR) is 146 cm³/mol. The molecule has 7 rings (SSSR count). The Labute approximate surface area is 209 Å². The number of hydrogen-bond donors (Lipinski definition) is 2. The van der Waals surface area contributed by atoms with E-state index in [4.69, 9.17) is 4.74 Å². The Morgan fingerprint density at radius 1 is 0.806 bits per heavy atom. The standard InChI is InChI=1S/C31H24BNO3/c1-31(32(34)35)18-8-14-25-24-13-7-12-22(29(24)36-30(25)31)20-16-17-28-26(19-20)23-11-5-6-15-27(23)33(28)21-9-3-2-4-10-21/h2-19,30,34-35H,1H3. The maximum Gasteiger partial charge on any atom is 0.466 e. The summed E-state index contributed by atoms with van der Waals surface area (Å²) in [6.07, 6.45) is 5.27. The average Bonchev–Trinajstić information content (AvgIpc) is 3.46. The maximum absolute atomic E-state index is 10.2. The molecule has 2 heterocycles. The lowest BCUT2D eigenvalue weighted by Gasteiger charge is -2.33. The third kappa shape index (κ3) is 2.90. The van der Waals surface area contributed by atoms with Crippen LogP contribution in [0.2, 0.25) is 5.31 Å². The average molecular weight is 469 g/mol. The van der Waals surface area contributed by atoms with Crippen LogP contribution in [-0.2, 0) is 0 Å². The van der Waals surface area contributed by atoms with Gasteiger partial charge in [0, 0.05) is 33.2 Å². The first-order valence-corrected chi connectivity index (χ1v) is 12.2. The van der Waals surface area contributed by atoms with E-state index in [0.717, 1.165) is 39.2 Å². The highest BCUT2D eigenvalue weighted by atomic mass is 16.5. The molecule has 0 amide bonds. The first-order chi connectivity index (χ1) is 17.6. The van der Waals surface area contributed by atoms with Crippen molar-refractivity contribution in [3.05, 3.63) is 115 Å². The van der Waals surface area contributed by atoms with Crippen molar-refractivity contribution in [2.45, 2.75) is 18.3 Å². The lowest BCUT2D eigenvalue weighted by atomic mass is 9.53. The van der Waals surface area contributed by atoms with E-state index < -0.39 is 18.5 Å². The van der Waals surface area contributed by atoms with Crippen LogP contribution in [0, 0.1) is 0 Å². The summed E-state index contributed by atoms with van der Waals surface area (Å²) in [5.74, 6) is 0.787. The van der Waals surface area contributed by atoms with Gasteiger partial charge in [-0.2, -0.15) is 0 Å². The second kappa shape index (κ2) is 7.72. The number of para-hydroxylation sites is 3. The van der Waals surface area contributed by atoms with Crippen LogP contribution in [0.5, 0.6) is 5.75 Å². The molecule has 5 aromatic rings. The number of allylic oxidation sites excluding steroid dienone is 2. The van der Waals surface area contributed by atoms with E-state index in [1.165, 1.54) is 16.3 Å². The van der Waals surface area contributed by atoms with Crippen LogP contribution >= 0.6 is 0 Å². The van der Waals surface area contributed by atoms with Gasteiger partial charge in [0.15, 0.2) is 0 Å². The van der Waals surface area contributed by atoms with Crippen LogP contribution in [0.1, 0.15) is 12.5 Å². The molecule has 36 heavy (non-hydrogen) atoms. The van der Waals surface area contributed by atoms with E-state index in [-0.39, 0.29) is 0 Å². The molecule has 0 radical (unpaired) electrons. The Hall–Kier alpha value is -4.06. The Morgan fingerprint density at radius 3 is 2.39 bits per heavy atom. The zero-order valence-corrected chi connectivity index (χ0v) is 19.8. The van der Waals surface area contributed by atoms with E-state index in [0.29, 0.717) is 0 Å². The number of hydrogen-bond acceptors (Lipinski definition) is 3. The van der Waals surface area contributed by atoms with Crippen molar-refractivity contribution in [2.75, 3.05) is 0 Å². The Kier molecular flexibility index (Phi) is 4.56. The molecule has 0 saturated carbocycles. The van der Waals surface area contributed by atoms with Gasteiger partial charge in [0.25, 0.3) is 0 Å². The van der Waals surface area contributed by atoms with Gasteiger partial charge in [-0.3, -0.25) is 0 Å². The summed E-state index contributed by atoms with van der Waals surface area (Å²) < 4.78 is 8.81. The van der Waals surface area contributed by atoms with Crippen molar-refractivity contribution in [2.24, 2.45) is 0 Å². The van der Waals surface area contributed by atoms with Gasteiger partial charge >= 0.3 is 7.12 Å². The number of rotatable bonds is 3. The van der Waals surface area contributed by atoms with Crippen LogP contribution in [-0.4, -0.2) is 27.8 Å². The van der Waals surface area contributed by atoms with Gasteiger partial charge < -0.3 is 19.4 Å². The fraction of sp³-hybridized carbons (Fsp3) is 0.0968. The molecule has 1 aliphatic carbocycles. The van der Waals surface area contributed by atoms with Crippen LogP contribution in [0.3, 0.4) is 0 Å². The Morgan fingerprint density at radius 2 is 1.56 bits per heavy atom. The number of ether oxygens (including phenoxy) is 1. The zero-order valence-electron chi connectivity index (χ0n) is 19.8. The molecule has 4 nitrogen and oxygen atoms in total. The molecule has 4 aromatic carbocycles. The first-order valence-electron chi connectivity index (χ1n) is 12.2. The topological polar surface area (TPSA) is 54.6 Å². The molecule has 2 atom stereocenters. The van der Waals surface area contributed by atoms with Crippen molar-refractivity contribution in [1.82, 2.24) is 4.57 Å². The van der Waals surface area contributed by atoms with E-state index in [9.17, 15) is 10.0 Å². The minimum Gasteiger partial charge on any atom is -0.484 e. The quantitative estimate of drug-likeness (QED) is 0.301.